The van der Waals surface area contributed by atoms with Crippen molar-refractivity contribution >= 4 is 11.3 Å². The van der Waals surface area contributed by atoms with Crippen LogP contribution in [0.15, 0.2) is 47.2 Å². The number of nitrogens with two attached hydrogens (primary N) is 1. The van der Waals surface area contributed by atoms with Crippen LogP contribution >= 0.6 is 11.3 Å². The van der Waals surface area contributed by atoms with Gasteiger partial charge in [0.25, 0.3) is 0 Å². The first-order valence-corrected chi connectivity index (χ1v) is 7.11. The Hall–Kier alpha value is -1.20. The van der Waals surface area contributed by atoms with Crippen LogP contribution in [-0.4, -0.2) is 6.17 Å². The summed E-state index contributed by atoms with van der Waals surface area (Å²) in [5.74, 6) is 0.377. The minimum absolute atomic E-state index is 0.00453. The molecule has 1 aromatic heterocycles. The molecule has 1 fully saturated rings. The van der Waals surface area contributed by atoms with Crippen LogP contribution in [0.2, 0.25) is 0 Å². The predicted octanol–water partition coefficient (Wildman–Crippen LogP) is 2.04. The van der Waals surface area contributed by atoms with Gasteiger partial charge in [0.15, 0.2) is 0 Å². The van der Waals surface area contributed by atoms with Crippen molar-refractivity contribution < 1.29 is 0 Å². The second-order valence-corrected chi connectivity index (χ2v) is 5.48. The zero-order chi connectivity index (χ0) is 12.4. The number of rotatable bonds is 3. The van der Waals surface area contributed by atoms with Crippen LogP contribution in [0.1, 0.15) is 17.2 Å². The van der Waals surface area contributed by atoms with Crippen LogP contribution in [0.3, 0.4) is 0 Å². The Morgan fingerprint density at radius 2 is 1.94 bits per heavy atom. The van der Waals surface area contributed by atoms with E-state index in [0.29, 0.717) is 12.0 Å². The summed E-state index contributed by atoms with van der Waals surface area (Å²) in [7, 11) is 0. The molecule has 1 aliphatic heterocycles. The Morgan fingerprint density at radius 3 is 2.67 bits per heavy atom. The summed E-state index contributed by atoms with van der Waals surface area (Å²) in [5, 5.41) is 4.30. The summed E-state index contributed by atoms with van der Waals surface area (Å²) in [6.07, 6.45) is 0.984. The molecule has 2 aromatic rings. The van der Waals surface area contributed by atoms with Crippen LogP contribution in [-0.2, 0) is 6.42 Å². The molecule has 4 heteroatoms. The van der Waals surface area contributed by atoms with E-state index >= 15 is 0 Å². The van der Waals surface area contributed by atoms with Crippen molar-refractivity contribution in [1.29, 1.82) is 0 Å². The van der Waals surface area contributed by atoms with Crippen molar-refractivity contribution in [2.75, 3.05) is 0 Å². The first kappa shape index (κ1) is 11.9. The lowest BCUT2D eigenvalue weighted by molar-refractivity contribution is 0.421. The molecule has 3 nitrogen and oxygen atoms in total. The molecule has 3 atom stereocenters. The van der Waals surface area contributed by atoms with Gasteiger partial charge in [0.1, 0.15) is 0 Å². The maximum atomic E-state index is 6.15. The summed E-state index contributed by atoms with van der Waals surface area (Å²) in [6.45, 7) is 0. The van der Waals surface area contributed by atoms with Crippen LogP contribution in [0.4, 0.5) is 0 Å². The molecule has 0 amide bonds. The molecule has 18 heavy (non-hydrogen) atoms. The maximum absolute atomic E-state index is 6.15. The highest BCUT2D eigenvalue weighted by Crippen LogP contribution is 2.30. The van der Waals surface area contributed by atoms with E-state index in [1.807, 2.05) is 6.07 Å². The number of hydrogen-bond acceptors (Lipinski definition) is 4. The first-order valence-electron chi connectivity index (χ1n) is 6.17. The molecule has 0 bridgehead atoms. The summed E-state index contributed by atoms with van der Waals surface area (Å²) in [6, 6.07) is 13.0. The van der Waals surface area contributed by atoms with Gasteiger partial charge in [-0.15, -0.1) is 0 Å². The Balaban J connectivity index is 1.80. The number of thiophene rings is 1. The first-order chi connectivity index (χ1) is 8.84. The summed E-state index contributed by atoms with van der Waals surface area (Å²) in [5.41, 5.74) is 15.3. The Morgan fingerprint density at radius 1 is 1.11 bits per heavy atom. The minimum Gasteiger partial charge on any atom is -0.315 e. The minimum atomic E-state index is -0.00453. The highest BCUT2D eigenvalue weighted by molar-refractivity contribution is 7.07. The molecule has 0 spiro atoms. The standard InChI is InChI=1S/C14H17N3S/c15-14-12(8-10-4-2-1-3-5-10)13(16-17-14)11-6-7-18-9-11/h1-7,9,12-14,16-17H,8,15H2. The lowest BCUT2D eigenvalue weighted by Crippen LogP contribution is -2.39. The molecule has 3 unspecified atom stereocenters. The number of hydrogen-bond donors (Lipinski definition) is 3. The molecule has 0 saturated carbocycles. The van der Waals surface area contributed by atoms with Gasteiger partial charge >= 0.3 is 0 Å². The van der Waals surface area contributed by atoms with E-state index in [2.05, 4.69) is 51.9 Å². The van der Waals surface area contributed by atoms with Crippen molar-refractivity contribution in [2.45, 2.75) is 18.6 Å². The average molecular weight is 259 g/mol. The quantitative estimate of drug-likeness (QED) is 0.790. The smallest absolute Gasteiger partial charge is 0.0729 e. The van der Waals surface area contributed by atoms with E-state index in [-0.39, 0.29) is 6.17 Å². The van der Waals surface area contributed by atoms with Gasteiger partial charge in [-0.1, -0.05) is 30.3 Å². The fraction of sp³-hybridized carbons (Fsp3) is 0.286. The Bertz CT molecular complexity index is 483. The fourth-order valence-electron chi connectivity index (χ4n) is 2.52. The number of nitrogens with one attached hydrogen (secondary N) is 2. The number of hydrazine groups is 1. The third-order valence-corrected chi connectivity index (χ3v) is 4.21. The van der Waals surface area contributed by atoms with Gasteiger partial charge in [-0.05, 0) is 34.4 Å². The lowest BCUT2D eigenvalue weighted by atomic mass is 9.89. The van der Waals surface area contributed by atoms with Crippen LogP contribution < -0.4 is 16.6 Å². The molecular formula is C14H17N3S. The van der Waals surface area contributed by atoms with E-state index < -0.39 is 0 Å². The van der Waals surface area contributed by atoms with Crippen molar-refractivity contribution in [1.82, 2.24) is 10.9 Å². The Kier molecular flexibility index (Phi) is 3.43. The van der Waals surface area contributed by atoms with Gasteiger partial charge in [0, 0.05) is 5.92 Å². The zero-order valence-electron chi connectivity index (χ0n) is 10.0. The summed E-state index contributed by atoms with van der Waals surface area (Å²) in [4.78, 5) is 0. The molecule has 4 N–H and O–H groups in total. The van der Waals surface area contributed by atoms with Crippen molar-refractivity contribution in [3.63, 3.8) is 0 Å². The van der Waals surface area contributed by atoms with Gasteiger partial charge in [-0.2, -0.15) is 11.3 Å². The maximum Gasteiger partial charge on any atom is 0.0729 e. The van der Waals surface area contributed by atoms with Gasteiger partial charge < -0.3 is 5.73 Å². The molecule has 0 aliphatic carbocycles. The van der Waals surface area contributed by atoms with Crippen LogP contribution in [0.5, 0.6) is 0 Å². The van der Waals surface area contributed by atoms with E-state index in [1.165, 1.54) is 11.1 Å². The molecule has 0 radical (unpaired) electrons. The highest BCUT2D eigenvalue weighted by Gasteiger charge is 2.34. The van der Waals surface area contributed by atoms with Gasteiger partial charge in [-0.25, -0.2) is 10.9 Å². The SMILES string of the molecule is NC1NNC(c2ccsc2)C1Cc1ccccc1. The largest absolute Gasteiger partial charge is 0.315 e. The molecule has 1 aliphatic rings. The van der Waals surface area contributed by atoms with E-state index in [1.54, 1.807) is 11.3 Å². The third-order valence-electron chi connectivity index (χ3n) is 3.51. The number of benzene rings is 1. The second kappa shape index (κ2) is 5.20. The van der Waals surface area contributed by atoms with E-state index in [0.717, 1.165) is 6.42 Å². The molecule has 3 rings (SSSR count). The monoisotopic (exact) mass is 259 g/mol. The Labute approximate surface area is 111 Å². The summed E-state index contributed by atoms with van der Waals surface area (Å²) >= 11 is 1.73. The van der Waals surface area contributed by atoms with Crippen LogP contribution in [0.25, 0.3) is 0 Å². The predicted molar refractivity (Wildman–Crippen MR) is 74.9 cm³/mol. The average Bonchev–Trinajstić information content (AvgIpc) is 3.02. The van der Waals surface area contributed by atoms with Crippen molar-refractivity contribution in [2.24, 2.45) is 11.7 Å². The van der Waals surface area contributed by atoms with Gasteiger partial charge in [0.05, 0.1) is 12.2 Å². The second-order valence-electron chi connectivity index (χ2n) is 4.70. The summed E-state index contributed by atoms with van der Waals surface area (Å²) < 4.78 is 0. The van der Waals surface area contributed by atoms with E-state index in [4.69, 9.17) is 5.73 Å². The van der Waals surface area contributed by atoms with Crippen molar-refractivity contribution in [3.8, 4) is 0 Å². The van der Waals surface area contributed by atoms with E-state index in [9.17, 15) is 0 Å². The zero-order valence-corrected chi connectivity index (χ0v) is 10.9. The molecular weight excluding hydrogens is 242 g/mol. The topological polar surface area (TPSA) is 50.1 Å². The molecule has 2 heterocycles. The third kappa shape index (κ3) is 2.33. The lowest BCUT2D eigenvalue weighted by Gasteiger charge is -2.20. The fourth-order valence-corrected chi connectivity index (χ4v) is 3.22. The van der Waals surface area contributed by atoms with Gasteiger partial charge in [-0.3, -0.25) is 0 Å². The van der Waals surface area contributed by atoms with Gasteiger partial charge in [0.2, 0.25) is 0 Å². The molecule has 1 saturated heterocycles. The normalized spacial score (nSPS) is 27.5. The molecule has 1 aromatic carbocycles. The highest BCUT2D eigenvalue weighted by atomic mass is 32.1. The molecule has 94 valence electrons. The van der Waals surface area contributed by atoms with Crippen LogP contribution in [0, 0.1) is 5.92 Å². The van der Waals surface area contributed by atoms with Crippen molar-refractivity contribution in [3.05, 3.63) is 58.3 Å².